The summed E-state index contributed by atoms with van der Waals surface area (Å²) < 4.78 is 49.3. The fraction of sp³-hybridized carbons (Fsp3) is 0.750. The largest absolute Gasteiger partial charge is 0.490 e. The minimum atomic E-state index is -5.08. The second-order valence-electron chi connectivity index (χ2n) is 4.98. The van der Waals surface area contributed by atoms with Crippen LogP contribution in [0.25, 0.3) is 0 Å². The Kier molecular flexibility index (Phi) is 7.75. The molecule has 0 saturated heterocycles. The van der Waals surface area contributed by atoms with Gasteiger partial charge in [-0.05, 0) is 33.1 Å². The molecule has 0 aliphatic heterocycles. The summed E-state index contributed by atoms with van der Waals surface area (Å²) in [6.45, 7) is 3.43. The van der Waals surface area contributed by atoms with Crippen molar-refractivity contribution >= 4 is 29.4 Å². The van der Waals surface area contributed by atoms with Gasteiger partial charge in [0, 0.05) is 0 Å². The highest BCUT2D eigenvalue weighted by molar-refractivity contribution is 6.29. The summed E-state index contributed by atoms with van der Waals surface area (Å²) in [5.74, 6) is -4.26. The SMILES string of the molecule is CC(C)OC(=O)C1(NC(=O)C(F)Cl)CCC1.O=C(O)C(F)(F)F. The van der Waals surface area contributed by atoms with E-state index >= 15 is 0 Å². The molecule has 1 atom stereocenters. The Bertz CT molecular complexity index is 449. The van der Waals surface area contributed by atoms with Crippen molar-refractivity contribution in [1.82, 2.24) is 5.32 Å². The van der Waals surface area contributed by atoms with E-state index in [0.717, 1.165) is 6.42 Å². The van der Waals surface area contributed by atoms with Gasteiger partial charge in [-0.3, -0.25) is 4.79 Å². The molecule has 1 aliphatic rings. The first-order valence-corrected chi connectivity index (χ1v) is 6.87. The van der Waals surface area contributed by atoms with E-state index in [1.54, 1.807) is 13.8 Å². The molecule has 2 N–H and O–H groups in total. The number of ether oxygens (including phenoxy) is 1. The number of rotatable bonds is 4. The van der Waals surface area contributed by atoms with Gasteiger partial charge in [0.2, 0.25) is 0 Å². The van der Waals surface area contributed by atoms with E-state index in [0.29, 0.717) is 12.8 Å². The summed E-state index contributed by atoms with van der Waals surface area (Å²) in [6, 6.07) is 0. The molecule has 0 heterocycles. The van der Waals surface area contributed by atoms with Crippen molar-refractivity contribution in [1.29, 1.82) is 0 Å². The number of aliphatic carboxylic acids is 1. The molecule has 1 fully saturated rings. The molecule has 0 bridgehead atoms. The molecule has 0 aromatic rings. The fourth-order valence-electron chi connectivity index (χ4n) is 1.53. The Hall–Kier alpha value is -1.58. The van der Waals surface area contributed by atoms with Crippen LogP contribution in [0.1, 0.15) is 33.1 Å². The minimum Gasteiger partial charge on any atom is -0.475 e. The van der Waals surface area contributed by atoms with Crippen molar-refractivity contribution in [3.63, 3.8) is 0 Å². The third kappa shape index (κ3) is 7.02. The predicted octanol–water partition coefficient (Wildman–Crippen LogP) is 2.14. The summed E-state index contributed by atoms with van der Waals surface area (Å²) in [7, 11) is 0. The molecule has 1 amide bonds. The Morgan fingerprint density at radius 3 is 1.91 bits per heavy atom. The molecule has 0 aromatic carbocycles. The summed E-state index contributed by atoms with van der Waals surface area (Å²) in [5, 5.41) is 9.44. The monoisotopic (exact) mass is 365 g/mol. The Labute approximate surface area is 134 Å². The highest BCUT2D eigenvalue weighted by Crippen LogP contribution is 2.33. The lowest BCUT2D eigenvalue weighted by Crippen LogP contribution is -2.61. The summed E-state index contributed by atoms with van der Waals surface area (Å²) in [6.07, 6.45) is -3.62. The Balaban J connectivity index is 0.000000585. The second-order valence-corrected chi connectivity index (χ2v) is 5.37. The van der Waals surface area contributed by atoms with Crippen molar-refractivity contribution < 1.29 is 41.8 Å². The minimum absolute atomic E-state index is 0.265. The molecule has 0 radical (unpaired) electrons. The van der Waals surface area contributed by atoms with E-state index in [9.17, 15) is 27.2 Å². The van der Waals surface area contributed by atoms with Crippen molar-refractivity contribution in [2.24, 2.45) is 0 Å². The zero-order chi connectivity index (χ0) is 18.4. The zero-order valence-corrected chi connectivity index (χ0v) is 13.0. The lowest BCUT2D eigenvalue weighted by atomic mass is 9.76. The maximum Gasteiger partial charge on any atom is 0.490 e. The quantitative estimate of drug-likeness (QED) is 0.452. The van der Waals surface area contributed by atoms with Gasteiger partial charge >= 0.3 is 18.1 Å². The van der Waals surface area contributed by atoms with Gasteiger partial charge in [0.15, 0.2) is 0 Å². The smallest absolute Gasteiger partial charge is 0.475 e. The van der Waals surface area contributed by atoms with Crippen LogP contribution < -0.4 is 5.32 Å². The summed E-state index contributed by atoms with van der Waals surface area (Å²) in [5.41, 5.74) is -3.20. The number of carbonyl (C=O) groups excluding carboxylic acids is 2. The molecule has 0 spiro atoms. The Morgan fingerprint density at radius 1 is 1.26 bits per heavy atom. The number of carboxylic acid groups (broad SMARTS) is 1. The first-order chi connectivity index (χ1) is 10.3. The van der Waals surface area contributed by atoms with Gasteiger partial charge in [0.25, 0.3) is 11.5 Å². The number of carboxylic acids is 1. The van der Waals surface area contributed by atoms with Gasteiger partial charge in [-0.25, -0.2) is 14.0 Å². The van der Waals surface area contributed by atoms with Crippen LogP contribution in [0, 0.1) is 0 Å². The third-order valence-electron chi connectivity index (χ3n) is 2.74. The molecule has 134 valence electrons. The van der Waals surface area contributed by atoms with E-state index in [1.165, 1.54) is 0 Å². The topological polar surface area (TPSA) is 92.7 Å². The van der Waals surface area contributed by atoms with Gasteiger partial charge < -0.3 is 15.2 Å². The zero-order valence-electron chi connectivity index (χ0n) is 12.2. The summed E-state index contributed by atoms with van der Waals surface area (Å²) in [4.78, 5) is 31.7. The average Bonchev–Trinajstić information content (AvgIpc) is 2.31. The second kappa shape index (κ2) is 8.32. The molecule has 1 unspecified atom stereocenters. The van der Waals surface area contributed by atoms with Gasteiger partial charge in [-0.1, -0.05) is 11.6 Å². The van der Waals surface area contributed by atoms with E-state index in [2.05, 4.69) is 5.32 Å². The number of halogens is 5. The van der Waals surface area contributed by atoms with E-state index in [-0.39, 0.29) is 6.10 Å². The number of nitrogens with one attached hydrogen (secondary N) is 1. The molecule has 1 saturated carbocycles. The van der Waals surface area contributed by atoms with Crippen LogP contribution in [0.4, 0.5) is 17.6 Å². The number of esters is 1. The lowest BCUT2D eigenvalue weighted by molar-refractivity contribution is -0.192. The number of carbonyl (C=O) groups is 3. The molecule has 1 aliphatic carbocycles. The molecular formula is C12H16ClF4NO5. The third-order valence-corrected chi connectivity index (χ3v) is 2.94. The molecule has 11 heteroatoms. The normalized spacial score (nSPS) is 17.2. The first kappa shape index (κ1) is 21.4. The van der Waals surface area contributed by atoms with Crippen LogP contribution in [0.2, 0.25) is 0 Å². The molecule has 23 heavy (non-hydrogen) atoms. The molecular weight excluding hydrogens is 350 g/mol. The van der Waals surface area contributed by atoms with Crippen LogP contribution in [0.3, 0.4) is 0 Å². The van der Waals surface area contributed by atoms with Gasteiger partial charge in [0.1, 0.15) is 5.54 Å². The number of alkyl halides is 5. The average molecular weight is 366 g/mol. The standard InChI is InChI=1S/C10H15ClFNO3.C2HF3O2/c1-6(2)16-9(15)10(4-3-5-10)13-8(14)7(11)12;3-2(4,5)1(6)7/h6-7H,3-5H2,1-2H3,(H,13,14);(H,6,7). The van der Waals surface area contributed by atoms with Crippen molar-refractivity contribution in [3.05, 3.63) is 0 Å². The molecule has 0 aromatic heterocycles. The highest BCUT2D eigenvalue weighted by atomic mass is 35.5. The van der Waals surface area contributed by atoms with Crippen LogP contribution in [0.5, 0.6) is 0 Å². The highest BCUT2D eigenvalue weighted by Gasteiger charge is 2.48. The predicted molar refractivity (Wildman–Crippen MR) is 70.4 cm³/mol. The summed E-state index contributed by atoms with van der Waals surface area (Å²) >= 11 is 4.99. The van der Waals surface area contributed by atoms with Crippen LogP contribution in [0.15, 0.2) is 0 Å². The van der Waals surface area contributed by atoms with Crippen molar-refractivity contribution in [2.45, 2.75) is 56.6 Å². The van der Waals surface area contributed by atoms with E-state index < -0.39 is 35.2 Å². The van der Waals surface area contributed by atoms with Gasteiger partial charge in [0.05, 0.1) is 6.10 Å². The molecule has 6 nitrogen and oxygen atoms in total. The van der Waals surface area contributed by atoms with E-state index in [1.807, 2.05) is 0 Å². The van der Waals surface area contributed by atoms with Crippen molar-refractivity contribution in [3.8, 4) is 0 Å². The molecule has 1 rings (SSSR count). The number of hydrogen-bond donors (Lipinski definition) is 2. The number of hydrogen-bond acceptors (Lipinski definition) is 4. The van der Waals surface area contributed by atoms with Gasteiger partial charge in [-0.2, -0.15) is 13.2 Å². The van der Waals surface area contributed by atoms with Crippen LogP contribution in [-0.4, -0.2) is 46.4 Å². The van der Waals surface area contributed by atoms with E-state index in [4.69, 9.17) is 26.2 Å². The van der Waals surface area contributed by atoms with Crippen LogP contribution >= 0.6 is 11.6 Å². The lowest BCUT2D eigenvalue weighted by Gasteiger charge is -2.40. The maximum absolute atomic E-state index is 12.5. The van der Waals surface area contributed by atoms with Crippen LogP contribution in [-0.2, 0) is 19.1 Å². The maximum atomic E-state index is 12.5. The Morgan fingerprint density at radius 2 is 1.70 bits per heavy atom. The van der Waals surface area contributed by atoms with Crippen molar-refractivity contribution in [2.75, 3.05) is 0 Å². The first-order valence-electron chi connectivity index (χ1n) is 6.43. The van der Waals surface area contributed by atoms with Gasteiger partial charge in [-0.15, -0.1) is 0 Å². The number of amides is 1. The fourth-order valence-corrected chi connectivity index (χ4v) is 1.58.